The van der Waals surface area contributed by atoms with Gasteiger partial charge in [0.15, 0.2) is 17.1 Å². The first-order valence-electron chi connectivity index (χ1n) is 11.7. The number of fused-ring (bicyclic) bond motifs is 1. The topological polar surface area (TPSA) is 95.3 Å². The van der Waals surface area contributed by atoms with Crippen LogP contribution in [0.15, 0.2) is 23.4 Å². The number of rotatable bonds is 8. The third-order valence-electron chi connectivity index (χ3n) is 6.16. The molecule has 1 N–H and O–H groups in total. The van der Waals surface area contributed by atoms with E-state index in [0.717, 1.165) is 41.0 Å². The molecule has 36 heavy (non-hydrogen) atoms. The number of anilines is 1. The van der Waals surface area contributed by atoms with Crippen LogP contribution in [0.25, 0.3) is 0 Å². The third-order valence-corrected chi connectivity index (χ3v) is 8.58. The Hall–Kier alpha value is -2.56. The fourth-order valence-corrected chi connectivity index (χ4v) is 6.60. The van der Waals surface area contributed by atoms with Crippen molar-refractivity contribution in [1.82, 2.24) is 14.8 Å². The Morgan fingerprint density at radius 1 is 1.36 bits per heavy atom. The molecule has 1 aliphatic rings. The van der Waals surface area contributed by atoms with E-state index < -0.39 is 5.97 Å². The number of esters is 1. The first-order valence-corrected chi connectivity index (χ1v) is 13.8. The molecule has 0 saturated carbocycles. The number of aromatic nitrogens is 3. The molecule has 4 rings (SSSR count). The molecule has 1 aromatic carbocycles. The van der Waals surface area contributed by atoms with E-state index in [4.69, 9.17) is 21.1 Å². The van der Waals surface area contributed by atoms with E-state index in [2.05, 4.69) is 22.4 Å². The summed E-state index contributed by atoms with van der Waals surface area (Å²) < 4.78 is 12.9. The van der Waals surface area contributed by atoms with Crippen LogP contribution in [0.2, 0.25) is 5.02 Å². The number of hydrogen-bond donors (Lipinski definition) is 1. The van der Waals surface area contributed by atoms with Gasteiger partial charge in [-0.15, -0.1) is 21.5 Å². The summed E-state index contributed by atoms with van der Waals surface area (Å²) in [5.74, 6) is 1.41. The molecule has 0 aliphatic heterocycles. The monoisotopic (exact) mass is 548 g/mol. The van der Waals surface area contributed by atoms with Crippen LogP contribution in [0, 0.1) is 12.8 Å². The minimum absolute atomic E-state index is 0.122. The zero-order valence-corrected chi connectivity index (χ0v) is 23.3. The summed E-state index contributed by atoms with van der Waals surface area (Å²) in [5, 5.41) is 13.2. The number of ether oxygens (including phenoxy) is 2. The smallest absolute Gasteiger partial charge is 0.341 e. The summed E-state index contributed by atoms with van der Waals surface area (Å²) in [5.41, 5.74) is 2.43. The van der Waals surface area contributed by atoms with Crippen molar-refractivity contribution < 1.29 is 19.1 Å². The summed E-state index contributed by atoms with van der Waals surface area (Å²) in [6.07, 6.45) is 2.39. The van der Waals surface area contributed by atoms with Gasteiger partial charge in [0.2, 0.25) is 5.91 Å². The molecule has 2 atom stereocenters. The van der Waals surface area contributed by atoms with Gasteiger partial charge < -0.3 is 19.4 Å². The van der Waals surface area contributed by atoms with Gasteiger partial charge in [-0.2, -0.15) is 0 Å². The average Bonchev–Trinajstić information content (AvgIpc) is 3.38. The van der Waals surface area contributed by atoms with Gasteiger partial charge in [-0.3, -0.25) is 4.79 Å². The molecule has 3 aromatic rings. The quantitative estimate of drug-likeness (QED) is 0.288. The van der Waals surface area contributed by atoms with Crippen molar-refractivity contribution >= 4 is 51.6 Å². The molecule has 1 aliphatic carbocycles. The van der Waals surface area contributed by atoms with Gasteiger partial charge in [0.05, 0.1) is 18.4 Å². The van der Waals surface area contributed by atoms with Gasteiger partial charge in [-0.05, 0) is 68.4 Å². The molecule has 0 radical (unpaired) electrons. The molecule has 2 unspecified atom stereocenters. The van der Waals surface area contributed by atoms with Gasteiger partial charge in [0.25, 0.3) is 0 Å². The van der Waals surface area contributed by atoms with Crippen LogP contribution >= 0.6 is 34.7 Å². The number of amides is 1. The molecule has 2 aromatic heterocycles. The second kappa shape index (κ2) is 11.2. The first kappa shape index (κ1) is 26.5. The number of methoxy groups -OCH3 is 1. The summed E-state index contributed by atoms with van der Waals surface area (Å²) in [4.78, 5) is 26.4. The number of nitrogens with zero attached hydrogens (tertiary/aromatic N) is 3. The van der Waals surface area contributed by atoms with Crippen LogP contribution < -0.4 is 10.1 Å². The molecule has 8 nitrogen and oxygen atoms in total. The number of thioether (sulfide) groups is 1. The lowest BCUT2D eigenvalue weighted by Gasteiger charge is -2.18. The van der Waals surface area contributed by atoms with Crippen LogP contribution in [-0.2, 0) is 29.4 Å². The Morgan fingerprint density at radius 2 is 2.14 bits per heavy atom. The van der Waals surface area contributed by atoms with E-state index >= 15 is 0 Å². The lowest BCUT2D eigenvalue weighted by atomic mass is 9.88. The van der Waals surface area contributed by atoms with Crippen molar-refractivity contribution in [2.45, 2.75) is 51.3 Å². The average molecular weight is 549 g/mol. The summed E-state index contributed by atoms with van der Waals surface area (Å²) in [7, 11) is 3.21. The van der Waals surface area contributed by atoms with Gasteiger partial charge in [0, 0.05) is 16.9 Å². The Labute approximate surface area is 223 Å². The van der Waals surface area contributed by atoms with Gasteiger partial charge in [-0.25, -0.2) is 4.79 Å². The number of thiophene rings is 1. The number of aryl methyl sites for hydroxylation is 1. The summed E-state index contributed by atoms with van der Waals surface area (Å²) in [6.45, 7) is 6.03. The molecule has 192 valence electrons. The van der Waals surface area contributed by atoms with Crippen LogP contribution in [0.4, 0.5) is 5.00 Å². The molecule has 0 saturated heterocycles. The number of benzene rings is 1. The maximum Gasteiger partial charge on any atom is 0.341 e. The normalized spacial score (nSPS) is 15.8. The largest absolute Gasteiger partial charge is 0.482 e. The fourth-order valence-electron chi connectivity index (χ4n) is 4.24. The summed E-state index contributed by atoms with van der Waals surface area (Å²) >= 11 is 8.78. The standard InChI is InChI=1S/C25H29ClN4O4S2/c1-13-6-8-17-19(10-13)36-23(21(17)24(32)33-5)27-20(31)12-35-25-29-28-22(30(25)4)15(3)34-18-9-7-16(26)11-14(18)2/h7,9,11,13,15H,6,8,10,12H2,1-5H3,(H,27,31). The van der Waals surface area contributed by atoms with E-state index in [0.29, 0.717) is 32.5 Å². The zero-order chi connectivity index (χ0) is 26.0. The van der Waals surface area contributed by atoms with Crippen molar-refractivity contribution in [2.24, 2.45) is 13.0 Å². The van der Waals surface area contributed by atoms with Crippen molar-refractivity contribution in [2.75, 3.05) is 18.2 Å². The Bertz CT molecular complexity index is 1290. The Balaban J connectivity index is 1.41. The second-order valence-corrected chi connectivity index (χ2v) is 11.4. The van der Waals surface area contributed by atoms with Gasteiger partial charge in [-0.1, -0.05) is 30.3 Å². The number of carbonyl (C=O) groups excluding carboxylic acids is 2. The molecular formula is C25H29ClN4O4S2. The summed E-state index contributed by atoms with van der Waals surface area (Å²) in [6, 6.07) is 5.45. The minimum atomic E-state index is -0.409. The SMILES string of the molecule is COC(=O)c1c(NC(=O)CSc2nnc(C(C)Oc3ccc(Cl)cc3C)n2C)sc2c1CCC(C)C2. The molecule has 2 heterocycles. The molecular weight excluding hydrogens is 520 g/mol. The lowest BCUT2D eigenvalue weighted by Crippen LogP contribution is -2.17. The molecule has 0 bridgehead atoms. The van der Waals surface area contributed by atoms with Crippen LogP contribution in [0.3, 0.4) is 0 Å². The predicted molar refractivity (Wildman–Crippen MR) is 142 cm³/mol. The van der Waals surface area contributed by atoms with Crippen molar-refractivity contribution in [3.05, 3.63) is 50.6 Å². The number of halogens is 1. The molecule has 1 amide bonds. The number of carbonyl (C=O) groups is 2. The van der Waals surface area contributed by atoms with E-state index in [1.165, 1.54) is 30.2 Å². The van der Waals surface area contributed by atoms with Crippen molar-refractivity contribution in [3.63, 3.8) is 0 Å². The van der Waals surface area contributed by atoms with E-state index in [1.807, 2.05) is 37.6 Å². The molecule has 0 spiro atoms. The first-order chi connectivity index (χ1) is 17.2. The highest BCUT2D eigenvalue weighted by Crippen LogP contribution is 2.40. The zero-order valence-electron chi connectivity index (χ0n) is 20.9. The molecule has 11 heteroatoms. The van der Waals surface area contributed by atoms with Crippen LogP contribution in [0.5, 0.6) is 5.75 Å². The van der Waals surface area contributed by atoms with Crippen molar-refractivity contribution in [1.29, 1.82) is 0 Å². The van der Waals surface area contributed by atoms with Crippen LogP contribution in [-0.4, -0.2) is 39.5 Å². The molecule has 0 fully saturated rings. The Kier molecular flexibility index (Phi) is 8.27. The highest BCUT2D eigenvalue weighted by molar-refractivity contribution is 7.99. The second-order valence-electron chi connectivity index (χ2n) is 8.95. The Morgan fingerprint density at radius 3 is 2.86 bits per heavy atom. The van der Waals surface area contributed by atoms with E-state index in [-0.39, 0.29) is 17.8 Å². The van der Waals surface area contributed by atoms with Gasteiger partial charge in [0.1, 0.15) is 10.8 Å². The number of nitrogens with one attached hydrogen (secondary N) is 1. The van der Waals surface area contributed by atoms with E-state index in [1.54, 1.807) is 6.07 Å². The van der Waals surface area contributed by atoms with E-state index in [9.17, 15) is 9.59 Å². The van der Waals surface area contributed by atoms with Crippen LogP contribution in [0.1, 0.15) is 58.6 Å². The maximum absolute atomic E-state index is 12.8. The van der Waals surface area contributed by atoms with Crippen molar-refractivity contribution in [3.8, 4) is 5.75 Å². The highest BCUT2D eigenvalue weighted by atomic mass is 35.5. The lowest BCUT2D eigenvalue weighted by molar-refractivity contribution is -0.113. The predicted octanol–water partition coefficient (Wildman–Crippen LogP) is 5.62. The fraction of sp³-hybridized carbons (Fsp3) is 0.440. The maximum atomic E-state index is 12.8. The van der Waals surface area contributed by atoms with Gasteiger partial charge >= 0.3 is 5.97 Å². The minimum Gasteiger partial charge on any atom is -0.482 e. The highest BCUT2D eigenvalue weighted by Gasteiger charge is 2.29. The number of hydrogen-bond acceptors (Lipinski definition) is 8. The third kappa shape index (κ3) is 5.71.